The number of hydrogen-bond acceptors (Lipinski definition) is 3. The van der Waals surface area contributed by atoms with Gasteiger partial charge in [0, 0.05) is 0 Å². The van der Waals surface area contributed by atoms with Gasteiger partial charge in [-0.25, -0.2) is 0 Å². The monoisotopic (exact) mass is 218 g/mol. The fraction of sp³-hybridized carbons (Fsp3) is 0.500. The minimum absolute atomic E-state index is 0.468. The first-order valence-corrected chi connectivity index (χ1v) is 4.86. The Bertz CT molecular complexity index is 213. The number of alkyl halides is 1. The van der Waals surface area contributed by atoms with Crippen molar-refractivity contribution < 1.29 is 15.0 Å². The molecule has 3 nitrogen and oxygen atoms in total. The zero-order valence-corrected chi connectivity index (χ0v) is 8.76. The van der Waals surface area contributed by atoms with Gasteiger partial charge in [0.1, 0.15) is 6.29 Å². The molecule has 0 aliphatic carbocycles. The molecule has 0 rings (SSSR count). The Morgan fingerprint density at radius 2 is 1.93 bits per heavy atom. The topological polar surface area (TPSA) is 57.5 Å². The molecule has 0 amide bonds. The maximum atomic E-state index is 9.88. The highest BCUT2D eigenvalue weighted by atomic mass is 35.5. The number of aliphatic hydroxyl groups is 2. The predicted octanol–water partition coefficient (Wildman–Crippen LogP) is 1.04. The number of carbonyl (C=O) groups excluding carboxylic acids is 1. The van der Waals surface area contributed by atoms with Crippen LogP contribution >= 0.6 is 11.6 Å². The summed E-state index contributed by atoms with van der Waals surface area (Å²) in [6.07, 6.45) is 4.85. The lowest BCUT2D eigenvalue weighted by Gasteiger charge is -2.18. The molecule has 80 valence electrons. The van der Waals surface area contributed by atoms with E-state index in [0.29, 0.717) is 12.7 Å². The lowest BCUT2D eigenvalue weighted by atomic mass is 10.1. The molecule has 0 saturated heterocycles. The van der Waals surface area contributed by atoms with E-state index < -0.39 is 17.6 Å². The van der Waals surface area contributed by atoms with Gasteiger partial charge in [-0.15, -0.1) is 11.6 Å². The third-order valence-electron chi connectivity index (χ3n) is 1.72. The smallest absolute Gasteiger partial charge is 0.142 e. The maximum Gasteiger partial charge on any atom is 0.142 e. The Kier molecular flexibility index (Phi) is 7.38. The minimum Gasteiger partial charge on any atom is -0.389 e. The van der Waals surface area contributed by atoms with E-state index in [1.54, 1.807) is 0 Å². The van der Waals surface area contributed by atoms with Crippen molar-refractivity contribution in [2.24, 2.45) is 0 Å². The first-order chi connectivity index (χ1) is 6.63. The number of carbonyl (C=O) groups is 1. The van der Waals surface area contributed by atoms with E-state index in [4.69, 9.17) is 11.6 Å². The molecule has 0 aliphatic heterocycles. The quantitative estimate of drug-likeness (QED) is 0.303. The third-order valence-corrected chi connectivity index (χ3v) is 2.29. The van der Waals surface area contributed by atoms with Crippen LogP contribution < -0.4 is 0 Å². The lowest BCUT2D eigenvalue weighted by Crippen LogP contribution is -2.32. The second-order valence-electron chi connectivity index (χ2n) is 2.81. The standard InChI is InChI=1S/C10H15ClO3/c1-2-8(11)10(14)9(13)6-4-3-5-7-12/h3-10,13-14H,2H2,1H3. The van der Waals surface area contributed by atoms with Crippen molar-refractivity contribution in [2.45, 2.75) is 30.9 Å². The third kappa shape index (κ3) is 5.17. The zero-order valence-electron chi connectivity index (χ0n) is 8.01. The molecule has 3 unspecified atom stereocenters. The van der Waals surface area contributed by atoms with Crippen molar-refractivity contribution in [1.29, 1.82) is 0 Å². The second kappa shape index (κ2) is 7.74. The summed E-state index contributed by atoms with van der Waals surface area (Å²) in [6, 6.07) is 0. The molecule has 0 aromatic rings. The van der Waals surface area contributed by atoms with E-state index >= 15 is 0 Å². The van der Waals surface area contributed by atoms with E-state index in [1.165, 1.54) is 24.3 Å². The highest BCUT2D eigenvalue weighted by Crippen LogP contribution is 2.11. The molecule has 0 aromatic carbocycles. The molecule has 14 heavy (non-hydrogen) atoms. The van der Waals surface area contributed by atoms with Crippen LogP contribution in [-0.2, 0) is 4.79 Å². The summed E-state index contributed by atoms with van der Waals surface area (Å²) in [5.41, 5.74) is 0. The summed E-state index contributed by atoms with van der Waals surface area (Å²) >= 11 is 5.73. The molecule has 0 aromatic heterocycles. The van der Waals surface area contributed by atoms with Crippen molar-refractivity contribution in [3.8, 4) is 0 Å². The van der Waals surface area contributed by atoms with Gasteiger partial charge in [0.15, 0.2) is 0 Å². The van der Waals surface area contributed by atoms with Crippen LogP contribution in [0.15, 0.2) is 24.3 Å². The molecular weight excluding hydrogens is 204 g/mol. The van der Waals surface area contributed by atoms with Crippen molar-refractivity contribution in [3.63, 3.8) is 0 Å². The molecule has 0 bridgehead atoms. The van der Waals surface area contributed by atoms with Gasteiger partial charge in [0.25, 0.3) is 0 Å². The SMILES string of the molecule is CCC(Cl)C(O)C(O)C=CC=CC=O. The van der Waals surface area contributed by atoms with Gasteiger partial charge in [-0.3, -0.25) is 4.79 Å². The van der Waals surface area contributed by atoms with Gasteiger partial charge in [0.2, 0.25) is 0 Å². The van der Waals surface area contributed by atoms with E-state index in [1.807, 2.05) is 6.92 Å². The molecule has 0 aliphatic rings. The van der Waals surface area contributed by atoms with Gasteiger partial charge in [0.05, 0.1) is 17.6 Å². The number of aliphatic hydroxyl groups excluding tert-OH is 2. The van der Waals surface area contributed by atoms with Crippen LogP contribution in [0, 0.1) is 0 Å². The minimum atomic E-state index is -1.01. The zero-order chi connectivity index (χ0) is 11.0. The first-order valence-electron chi connectivity index (χ1n) is 4.42. The van der Waals surface area contributed by atoms with Gasteiger partial charge in [-0.2, -0.15) is 0 Å². The summed E-state index contributed by atoms with van der Waals surface area (Å²) in [5.74, 6) is 0. The fourth-order valence-electron chi connectivity index (χ4n) is 0.857. The van der Waals surface area contributed by atoms with Crippen molar-refractivity contribution in [3.05, 3.63) is 24.3 Å². The Morgan fingerprint density at radius 1 is 1.29 bits per heavy atom. The average Bonchev–Trinajstić information content (AvgIpc) is 2.21. The Hall–Kier alpha value is -0.640. The van der Waals surface area contributed by atoms with Crippen LogP contribution in [0.2, 0.25) is 0 Å². The van der Waals surface area contributed by atoms with Crippen LogP contribution in [0.1, 0.15) is 13.3 Å². The van der Waals surface area contributed by atoms with Crippen LogP contribution in [-0.4, -0.2) is 34.1 Å². The summed E-state index contributed by atoms with van der Waals surface area (Å²) in [7, 11) is 0. The van der Waals surface area contributed by atoms with Crippen LogP contribution in [0.4, 0.5) is 0 Å². The van der Waals surface area contributed by atoms with E-state index in [-0.39, 0.29) is 0 Å². The first kappa shape index (κ1) is 13.4. The Balaban J connectivity index is 4.05. The normalized spacial score (nSPS) is 18.6. The van der Waals surface area contributed by atoms with Crippen molar-refractivity contribution >= 4 is 17.9 Å². The van der Waals surface area contributed by atoms with E-state index in [0.717, 1.165) is 0 Å². The molecule has 4 heteroatoms. The van der Waals surface area contributed by atoms with E-state index in [9.17, 15) is 15.0 Å². The number of hydrogen-bond donors (Lipinski definition) is 2. The van der Waals surface area contributed by atoms with Gasteiger partial charge in [-0.05, 0) is 12.5 Å². The lowest BCUT2D eigenvalue weighted by molar-refractivity contribution is -0.104. The number of halogens is 1. The Morgan fingerprint density at radius 3 is 2.43 bits per heavy atom. The largest absolute Gasteiger partial charge is 0.389 e. The second-order valence-corrected chi connectivity index (χ2v) is 3.37. The molecule has 0 spiro atoms. The van der Waals surface area contributed by atoms with Crippen LogP contribution in [0.25, 0.3) is 0 Å². The van der Waals surface area contributed by atoms with Gasteiger partial charge in [-0.1, -0.05) is 25.2 Å². The van der Waals surface area contributed by atoms with Crippen molar-refractivity contribution in [2.75, 3.05) is 0 Å². The van der Waals surface area contributed by atoms with Gasteiger partial charge < -0.3 is 10.2 Å². The van der Waals surface area contributed by atoms with Crippen LogP contribution in [0.3, 0.4) is 0 Å². The molecular formula is C10H15ClO3. The molecule has 2 N–H and O–H groups in total. The van der Waals surface area contributed by atoms with Gasteiger partial charge >= 0.3 is 0 Å². The highest BCUT2D eigenvalue weighted by molar-refractivity contribution is 6.21. The summed E-state index contributed by atoms with van der Waals surface area (Å²) < 4.78 is 0. The van der Waals surface area contributed by atoms with Crippen LogP contribution in [0.5, 0.6) is 0 Å². The predicted molar refractivity (Wildman–Crippen MR) is 56.3 cm³/mol. The summed E-state index contributed by atoms with van der Waals surface area (Å²) in [5, 5.41) is 18.3. The van der Waals surface area contributed by atoms with E-state index in [2.05, 4.69) is 0 Å². The Labute approximate surface area is 88.7 Å². The molecule has 0 saturated carbocycles. The summed E-state index contributed by atoms with van der Waals surface area (Å²) in [6.45, 7) is 1.82. The molecule has 0 heterocycles. The average molecular weight is 219 g/mol. The van der Waals surface area contributed by atoms with Crippen molar-refractivity contribution in [1.82, 2.24) is 0 Å². The molecule has 0 fully saturated rings. The number of aldehydes is 1. The number of allylic oxidation sites excluding steroid dienone is 3. The maximum absolute atomic E-state index is 9.88. The molecule has 0 radical (unpaired) electrons. The molecule has 3 atom stereocenters. The summed E-state index contributed by atoms with van der Waals surface area (Å²) in [4.78, 5) is 9.88. The number of rotatable bonds is 6. The fourth-order valence-corrected chi connectivity index (χ4v) is 1.01. The highest BCUT2D eigenvalue weighted by Gasteiger charge is 2.20.